The van der Waals surface area contributed by atoms with Crippen LogP contribution in [0.5, 0.6) is 0 Å². The maximum Gasteiger partial charge on any atom is 0.448 e. The predicted molar refractivity (Wildman–Crippen MR) is 162 cm³/mol. The normalized spacial score (nSPS) is 14.7. The summed E-state index contributed by atoms with van der Waals surface area (Å²) in [5.41, 5.74) is 7.45. The first kappa shape index (κ1) is 35.7. The zero-order chi connectivity index (χ0) is 28.3. The lowest BCUT2D eigenvalue weighted by Crippen LogP contribution is -2.33. The molecule has 0 fully saturated rings. The molecule has 0 radical (unpaired) electrons. The maximum absolute atomic E-state index is 7.45. The van der Waals surface area contributed by atoms with E-state index < -0.39 is 30.4 Å². The summed E-state index contributed by atoms with van der Waals surface area (Å²) in [4.78, 5) is 0. The number of nitrogens with two attached hydrogens (primary N) is 1. The summed E-state index contributed by atoms with van der Waals surface area (Å²) in [6, 6.07) is 0. The molecule has 0 saturated heterocycles. The first-order valence-electron chi connectivity index (χ1n) is 11.3. The van der Waals surface area contributed by atoms with E-state index in [0.29, 0.717) is 0 Å². The van der Waals surface area contributed by atoms with Gasteiger partial charge >= 0.3 is 7.87 Å². The Morgan fingerprint density at radius 1 is 0.343 bits per heavy atom. The van der Waals surface area contributed by atoms with E-state index in [0.717, 1.165) is 0 Å². The Hall–Kier alpha value is 0.720. The SMILES string of the molecule is CN(C)P(=N[P+](N)(N=P(N(C)C)(N(C)C)N(C)C)N=P(N(C)C)(N(C)C)N(C)C)(N(C)C)N(C)C. The van der Waals surface area contributed by atoms with Gasteiger partial charge < -0.3 is 0 Å². The molecule has 35 heavy (non-hydrogen) atoms. The smallest absolute Gasteiger partial charge is 0.249 e. The zero-order valence-electron chi connectivity index (χ0n) is 25.7. The third-order valence-electron chi connectivity index (χ3n) is 5.58. The van der Waals surface area contributed by atoms with Crippen molar-refractivity contribution in [2.24, 2.45) is 19.1 Å². The highest BCUT2D eigenvalue weighted by Gasteiger charge is 2.50. The Morgan fingerprint density at radius 3 is 0.543 bits per heavy atom. The Kier molecular flexibility index (Phi) is 13.5. The fourth-order valence-corrected chi connectivity index (χ4v) is 22.4. The highest BCUT2D eigenvalue weighted by atomic mass is 31.3. The summed E-state index contributed by atoms with van der Waals surface area (Å²) < 4.78 is 36.1. The third-order valence-corrected chi connectivity index (χ3v) is 21.3. The van der Waals surface area contributed by atoms with Crippen molar-refractivity contribution in [1.29, 1.82) is 0 Å². The van der Waals surface area contributed by atoms with Gasteiger partial charge in [0.05, 0.1) is 0 Å². The number of rotatable bonds is 12. The minimum atomic E-state index is -3.17. The highest BCUT2D eigenvalue weighted by molar-refractivity contribution is 7.84. The summed E-state index contributed by atoms with van der Waals surface area (Å²) in [7, 11) is 26.6. The lowest BCUT2D eigenvalue weighted by atomic mass is 11.2. The van der Waals surface area contributed by atoms with Crippen molar-refractivity contribution in [2.75, 3.05) is 127 Å². The molecule has 0 aliphatic carbocycles. The Morgan fingerprint density at radius 2 is 0.457 bits per heavy atom. The molecule has 0 amide bonds. The van der Waals surface area contributed by atoms with Crippen molar-refractivity contribution < 1.29 is 0 Å². The lowest BCUT2D eigenvalue weighted by molar-refractivity contribution is 0.472. The molecule has 0 aliphatic rings. The monoisotopic (exact) mass is 578 g/mol. The van der Waals surface area contributed by atoms with Crippen LogP contribution >= 0.6 is 30.4 Å². The van der Waals surface area contributed by atoms with Crippen LogP contribution in [0, 0.1) is 0 Å². The second kappa shape index (κ2) is 13.2. The fraction of sp³-hybridized carbons (Fsp3) is 1.00. The fourth-order valence-electron chi connectivity index (χ4n) is 4.52. The third kappa shape index (κ3) is 7.03. The van der Waals surface area contributed by atoms with Crippen molar-refractivity contribution in [3.8, 4) is 0 Å². The van der Waals surface area contributed by atoms with Crippen LogP contribution in [0.3, 0.4) is 0 Å². The van der Waals surface area contributed by atoms with Crippen molar-refractivity contribution in [3.63, 3.8) is 0 Å². The maximum atomic E-state index is 7.45. The van der Waals surface area contributed by atoms with Crippen LogP contribution < -0.4 is 5.50 Å². The Labute approximate surface area is 218 Å². The molecule has 0 bridgehead atoms. The molecule has 17 heteroatoms. The van der Waals surface area contributed by atoms with E-state index in [9.17, 15) is 0 Å². The van der Waals surface area contributed by atoms with Gasteiger partial charge in [-0.25, -0.2) is 42.0 Å². The topological polar surface area (TPSA) is 92.3 Å². The van der Waals surface area contributed by atoms with Crippen LogP contribution in [0.4, 0.5) is 0 Å². The molecule has 212 valence electrons. The van der Waals surface area contributed by atoms with E-state index in [4.69, 9.17) is 19.1 Å². The minimum absolute atomic E-state index is 2.06. The van der Waals surface area contributed by atoms with Gasteiger partial charge in [0.25, 0.3) is 0 Å². The molecule has 0 spiro atoms. The molecule has 0 aromatic rings. The summed E-state index contributed by atoms with van der Waals surface area (Å²) in [5.74, 6) is 0. The van der Waals surface area contributed by atoms with Crippen molar-refractivity contribution >= 4 is 30.4 Å². The first-order chi connectivity index (χ1) is 15.6. The van der Waals surface area contributed by atoms with E-state index >= 15 is 0 Å². The van der Waals surface area contributed by atoms with Crippen LogP contribution in [-0.4, -0.2) is 169 Å². The average Bonchev–Trinajstić information content (AvgIpc) is 2.66. The van der Waals surface area contributed by atoms with Gasteiger partial charge in [-0.3, -0.25) is 0 Å². The summed E-state index contributed by atoms with van der Waals surface area (Å²) in [5, 5.41) is 0. The van der Waals surface area contributed by atoms with Gasteiger partial charge in [-0.1, -0.05) is 0 Å². The summed E-state index contributed by atoms with van der Waals surface area (Å²) in [6.07, 6.45) is 0. The van der Waals surface area contributed by atoms with Gasteiger partial charge in [0.15, 0.2) is 0 Å². The second-order valence-corrected chi connectivity index (χ2v) is 23.9. The van der Waals surface area contributed by atoms with Crippen molar-refractivity contribution in [1.82, 2.24) is 42.0 Å². The predicted octanol–water partition coefficient (Wildman–Crippen LogP) is 3.52. The molecule has 2 N–H and O–H groups in total. The number of hydrogen-bond acceptors (Lipinski definition) is 4. The summed E-state index contributed by atoms with van der Waals surface area (Å²) in [6.45, 7) is 0. The Balaban J connectivity index is 8.48. The van der Waals surface area contributed by atoms with Gasteiger partial charge in [-0.2, -0.15) is 0 Å². The van der Waals surface area contributed by atoms with Crippen molar-refractivity contribution in [3.05, 3.63) is 0 Å². The van der Waals surface area contributed by atoms with Crippen LogP contribution in [0.25, 0.3) is 0 Å². The molecule has 0 rings (SSSR count). The molecule has 0 atom stereocenters. The molecule has 0 heterocycles. The van der Waals surface area contributed by atoms with Gasteiger partial charge in [-0.05, 0) is 140 Å². The largest absolute Gasteiger partial charge is 0.448 e. The van der Waals surface area contributed by atoms with Gasteiger partial charge in [0.1, 0.15) is 0 Å². The van der Waals surface area contributed by atoms with E-state index in [1.54, 1.807) is 0 Å². The van der Waals surface area contributed by atoms with Gasteiger partial charge in [0.2, 0.25) is 22.5 Å². The average molecular weight is 579 g/mol. The van der Waals surface area contributed by atoms with Crippen LogP contribution in [-0.2, 0) is 0 Å². The minimum Gasteiger partial charge on any atom is -0.249 e. The Bertz CT molecular complexity index is 654. The first-order valence-corrected chi connectivity index (χ1v) is 17.8. The van der Waals surface area contributed by atoms with Crippen LogP contribution in [0.15, 0.2) is 13.5 Å². The standard InChI is InChI=1S/C18H56N13P4/c1-23(2)33(24(3)4,25(5)6)20-32(19,21-34(26(7)8,27(9)10)28(11)12)22-35(29(13)14,30(15)16)31(17)18/h19H2,1-18H3/q+1. The summed E-state index contributed by atoms with van der Waals surface area (Å²) >= 11 is 0. The zero-order valence-corrected chi connectivity index (χ0v) is 29.3. The molecule has 0 unspecified atom stereocenters. The van der Waals surface area contributed by atoms with E-state index in [-0.39, 0.29) is 0 Å². The molecule has 0 aromatic heterocycles. The quantitative estimate of drug-likeness (QED) is 0.347. The molecule has 13 nitrogen and oxygen atoms in total. The van der Waals surface area contributed by atoms with E-state index in [1.165, 1.54) is 0 Å². The van der Waals surface area contributed by atoms with Crippen LogP contribution in [0.1, 0.15) is 0 Å². The lowest BCUT2D eigenvalue weighted by Gasteiger charge is -2.43. The number of hydrogen-bond donors (Lipinski definition) is 1. The van der Waals surface area contributed by atoms with Crippen LogP contribution in [0.2, 0.25) is 0 Å². The van der Waals surface area contributed by atoms with Gasteiger partial charge in [0, 0.05) is 0 Å². The van der Waals surface area contributed by atoms with E-state index in [1.807, 2.05) is 0 Å². The molecule has 0 saturated carbocycles. The highest BCUT2D eigenvalue weighted by Crippen LogP contribution is 2.78. The van der Waals surface area contributed by atoms with E-state index in [2.05, 4.69) is 169 Å². The molecular formula is C18H56N13P4+. The number of nitrogens with zero attached hydrogens (tertiary/aromatic N) is 12. The molecule has 0 aromatic carbocycles. The molecular weight excluding hydrogens is 522 g/mol. The van der Waals surface area contributed by atoms with Gasteiger partial charge in [-0.15, -0.1) is 5.50 Å². The van der Waals surface area contributed by atoms with Crippen molar-refractivity contribution in [2.45, 2.75) is 0 Å². The molecule has 0 aliphatic heterocycles. The second-order valence-electron chi connectivity index (χ2n) is 10.1.